The molecule has 1 aliphatic rings. The summed E-state index contributed by atoms with van der Waals surface area (Å²) in [6.45, 7) is 1.26. The van der Waals surface area contributed by atoms with Crippen LogP contribution in [0.1, 0.15) is 45.5 Å². The molecule has 0 bridgehead atoms. The highest BCUT2D eigenvalue weighted by Gasteiger charge is 2.28. The first kappa shape index (κ1) is 20.1. The fraction of sp³-hybridized carbons (Fsp3) is 0.240. The number of amides is 2. The molecular weight excluding hydrogens is 404 g/mol. The number of hydrogen-bond acceptors (Lipinski definition) is 4. The van der Waals surface area contributed by atoms with E-state index in [2.05, 4.69) is 10.2 Å². The lowest BCUT2D eigenvalue weighted by molar-refractivity contribution is 0.0682. The summed E-state index contributed by atoms with van der Waals surface area (Å²) >= 11 is 0. The van der Waals surface area contributed by atoms with Gasteiger partial charge < -0.3 is 14.2 Å². The lowest BCUT2D eigenvalue weighted by Gasteiger charge is -2.30. The molecule has 1 fully saturated rings. The van der Waals surface area contributed by atoms with Crippen LogP contribution in [0, 0.1) is 0 Å². The van der Waals surface area contributed by atoms with E-state index in [1.54, 1.807) is 18.0 Å². The van der Waals surface area contributed by atoms with Gasteiger partial charge in [-0.05, 0) is 43.2 Å². The number of nitrogens with zero attached hydrogens (tertiary/aromatic N) is 3. The molecule has 4 aromatic rings. The fourth-order valence-corrected chi connectivity index (χ4v) is 4.23. The number of anilines is 1. The lowest BCUT2D eigenvalue weighted by atomic mass is 9.93. The molecule has 0 atom stereocenters. The van der Waals surface area contributed by atoms with Gasteiger partial charge in [0, 0.05) is 42.8 Å². The van der Waals surface area contributed by atoms with E-state index in [4.69, 9.17) is 4.42 Å². The van der Waals surface area contributed by atoms with Crippen LogP contribution in [-0.2, 0) is 0 Å². The van der Waals surface area contributed by atoms with E-state index in [-0.39, 0.29) is 17.7 Å². The van der Waals surface area contributed by atoms with Gasteiger partial charge in [-0.3, -0.25) is 14.7 Å². The maximum absolute atomic E-state index is 12.9. The number of benzene rings is 2. The Bertz CT molecular complexity index is 1220. The van der Waals surface area contributed by atoms with Crippen molar-refractivity contribution >= 4 is 28.5 Å². The van der Waals surface area contributed by atoms with Crippen molar-refractivity contribution in [2.75, 3.05) is 25.0 Å². The zero-order valence-electron chi connectivity index (χ0n) is 17.8. The van der Waals surface area contributed by atoms with Gasteiger partial charge in [0.1, 0.15) is 5.58 Å². The number of nitrogens with one attached hydrogen (secondary N) is 1. The van der Waals surface area contributed by atoms with Crippen molar-refractivity contribution in [2.24, 2.45) is 0 Å². The van der Waals surface area contributed by atoms with Crippen molar-refractivity contribution in [3.05, 3.63) is 83.9 Å². The molecule has 2 amide bonds. The molecular formula is C25H24N4O3. The van der Waals surface area contributed by atoms with Gasteiger partial charge in [-0.2, -0.15) is 5.10 Å². The average molecular weight is 428 g/mol. The van der Waals surface area contributed by atoms with Crippen molar-refractivity contribution in [2.45, 2.75) is 18.8 Å². The second-order valence-electron chi connectivity index (χ2n) is 8.12. The number of piperidine rings is 1. The molecule has 1 saturated heterocycles. The van der Waals surface area contributed by atoms with Crippen molar-refractivity contribution in [1.29, 1.82) is 0 Å². The summed E-state index contributed by atoms with van der Waals surface area (Å²) in [7, 11) is 1.74. The van der Waals surface area contributed by atoms with Crippen LogP contribution in [0.25, 0.3) is 11.0 Å². The van der Waals surface area contributed by atoms with Crippen molar-refractivity contribution in [3.8, 4) is 0 Å². The summed E-state index contributed by atoms with van der Waals surface area (Å²) in [5.74, 6) is 0.370. The van der Waals surface area contributed by atoms with E-state index in [1.807, 2.05) is 65.6 Å². The van der Waals surface area contributed by atoms with E-state index < -0.39 is 0 Å². The zero-order valence-corrected chi connectivity index (χ0v) is 17.8. The fourth-order valence-electron chi connectivity index (χ4n) is 4.23. The predicted molar refractivity (Wildman–Crippen MR) is 122 cm³/mol. The normalized spacial score (nSPS) is 14.6. The Labute approximate surface area is 185 Å². The Balaban J connectivity index is 1.22. The van der Waals surface area contributed by atoms with Gasteiger partial charge in [0.15, 0.2) is 11.5 Å². The highest BCUT2D eigenvalue weighted by Crippen LogP contribution is 2.29. The monoisotopic (exact) mass is 428 g/mol. The van der Waals surface area contributed by atoms with Crippen LogP contribution in [0.5, 0.6) is 0 Å². The van der Waals surface area contributed by atoms with Gasteiger partial charge in [-0.25, -0.2) is 0 Å². The van der Waals surface area contributed by atoms with Gasteiger partial charge in [-0.1, -0.05) is 36.4 Å². The highest BCUT2D eigenvalue weighted by atomic mass is 16.3. The summed E-state index contributed by atoms with van der Waals surface area (Å²) in [6, 6.07) is 20.8. The molecule has 2 aromatic heterocycles. The predicted octanol–water partition coefficient (Wildman–Crippen LogP) is 4.45. The number of hydrogen-bond donors (Lipinski definition) is 1. The Hall–Kier alpha value is -3.87. The van der Waals surface area contributed by atoms with Crippen molar-refractivity contribution in [3.63, 3.8) is 0 Å². The molecule has 0 unspecified atom stereocenters. The van der Waals surface area contributed by atoms with E-state index in [0.717, 1.165) is 35.2 Å². The van der Waals surface area contributed by atoms with Crippen LogP contribution in [0.2, 0.25) is 0 Å². The third-order valence-electron chi connectivity index (χ3n) is 6.12. The summed E-state index contributed by atoms with van der Waals surface area (Å²) in [4.78, 5) is 29.1. The Kier molecular flexibility index (Phi) is 5.23. The number of aromatic amines is 1. The summed E-state index contributed by atoms with van der Waals surface area (Å²) in [6.07, 6.45) is 1.60. The van der Waals surface area contributed by atoms with E-state index >= 15 is 0 Å². The van der Waals surface area contributed by atoms with Gasteiger partial charge in [0.05, 0.1) is 0 Å². The summed E-state index contributed by atoms with van der Waals surface area (Å²) in [5.41, 5.74) is 2.87. The summed E-state index contributed by atoms with van der Waals surface area (Å²) < 4.78 is 5.73. The van der Waals surface area contributed by atoms with E-state index in [9.17, 15) is 9.59 Å². The number of H-pyrrole nitrogens is 1. The molecule has 32 heavy (non-hydrogen) atoms. The quantitative estimate of drug-likeness (QED) is 0.521. The third-order valence-corrected chi connectivity index (χ3v) is 6.12. The van der Waals surface area contributed by atoms with Gasteiger partial charge in [0.25, 0.3) is 11.8 Å². The van der Waals surface area contributed by atoms with E-state index in [0.29, 0.717) is 24.5 Å². The highest BCUT2D eigenvalue weighted by molar-refractivity contribution is 6.04. The maximum Gasteiger partial charge on any atom is 0.289 e. The number of likely N-dealkylation sites (tertiary alicyclic amines) is 1. The summed E-state index contributed by atoms with van der Waals surface area (Å²) in [5, 5.41) is 8.22. The van der Waals surface area contributed by atoms with Crippen LogP contribution in [0.4, 0.5) is 5.69 Å². The number of aromatic nitrogens is 2. The molecule has 2 aromatic carbocycles. The molecule has 7 heteroatoms. The van der Waals surface area contributed by atoms with Crippen LogP contribution >= 0.6 is 0 Å². The molecule has 0 radical (unpaired) electrons. The number of furan rings is 1. The second kappa shape index (κ2) is 8.34. The SMILES string of the molecule is CN(C(=O)c1cc(C2CCN(C(=O)c3cc4ccccc4o3)CC2)[nH]n1)c1ccccc1. The molecule has 5 rings (SSSR count). The van der Waals surface area contributed by atoms with Gasteiger partial charge in [-0.15, -0.1) is 0 Å². The molecule has 7 nitrogen and oxygen atoms in total. The topological polar surface area (TPSA) is 82.4 Å². The zero-order chi connectivity index (χ0) is 22.1. The number of para-hydroxylation sites is 2. The van der Waals surface area contributed by atoms with Crippen LogP contribution < -0.4 is 4.90 Å². The first-order chi connectivity index (χ1) is 15.6. The molecule has 0 spiro atoms. The molecule has 0 saturated carbocycles. The first-order valence-electron chi connectivity index (χ1n) is 10.8. The number of carbonyl (C=O) groups is 2. The second-order valence-corrected chi connectivity index (χ2v) is 8.12. The minimum Gasteiger partial charge on any atom is -0.451 e. The Morgan fingerprint density at radius 3 is 2.50 bits per heavy atom. The number of rotatable bonds is 4. The number of carbonyl (C=O) groups excluding carboxylic acids is 2. The van der Waals surface area contributed by atoms with E-state index in [1.165, 1.54) is 0 Å². The Morgan fingerprint density at radius 1 is 1.03 bits per heavy atom. The van der Waals surface area contributed by atoms with Crippen molar-refractivity contribution < 1.29 is 14.0 Å². The smallest absolute Gasteiger partial charge is 0.289 e. The molecule has 1 N–H and O–H groups in total. The van der Waals surface area contributed by atoms with Crippen LogP contribution in [-0.4, -0.2) is 47.0 Å². The van der Waals surface area contributed by atoms with Crippen LogP contribution in [0.3, 0.4) is 0 Å². The maximum atomic E-state index is 12.9. The Morgan fingerprint density at radius 2 is 1.75 bits per heavy atom. The average Bonchev–Trinajstić information content (AvgIpc) is 3.51. The van der Waals surface area contributed by atoms with Gasteiger partial charge >= 0.3 is 0 Å². The van der Waals surface area contributed by atoms with Crippen molar-refractivity contribution in [1.82, 2.24) is 15.1 Å². The molecule has 3 heterocycles. The minimum absolute atomic E-state index is 0.0791. The lowest BCUT2D eigenvalue weighted by Crippen LogP contribution is -2.37. The largest absolute Gasteiger partial charge is 0.451 e. The van der Waals surface area contributed by atoms with Gasteiger partial charge in [0.2, 0.25) is 0 Å². The molecule has 0 aliphatic carbocycles. The first-order valence-corrected chi connectivity index (χ1v) is 10.8. The standard InChI is InChI=1S/C25H24N4O3/c1-28(19-8-3-2-4-9-19)24(30)21-16-20(26-27-21)17-11-13-29(14-12-17)25(31)23-15-18-7-5-6-10-22(18)32-23/h2-10,15-17H,11-14H2,1H3,(H,26,27). The molecule has 1 aliphatic heterocycles. The number of fused-ring (bicyclic) bond motifs is 1. The molecule has 162 valence electrons. The third kappa shape index (κ3) is 3.77. The van der Waals surface area contributed by atoms with Crippen LogP contribution in [0.15, 0.2) is 71.1 Å². The minimum atomic E-state index is -0.156.